The zero-order chi connectivity index (χ0) is 17.0. The molecule has 0 saturated carbocycles. The van der Waals surface area contributed by atoms with Gasteiger partial charge in [0.25, 0.3) is 0 Å². The van der Waals surface area contributed by atoms with Gasteiger partial charge in [0, 0.05) is 18.7 Å². The molecular weight excluding hydrogens is 317 g/mol. The molecule has 122 valence electrons. The second-order valence-electron chi connectivity index (χ2n) is 5.15. The van der Waals surface area contributed by atoms with Crippen LogP contribution in [0, 0.1) is 5.82 Å². The van der Waals surface area contributed by atoms with Gasteiger partial charge in [0.2, 0.25) is 10.0 Å². The van der Waals surface area contributed by atoms with E-state index < -0.39 is 15.8 Å². The first-order chi connectivity index (χ1) is 10.8. The average molecular weight is 335 g/mol. The fourth-order valence-corrected chi connectivity index (χ4v) is 3.71. The third-order valence-corrected chi connectivity index (χ3v) is 5.40. The van der Waals surface area contributed by atoms with Crippen LogP contribution < -0.4 is 0 Å². The molecule has 23 heavy (non-hydrogen) atoms. The van der Waals surface area contributed by atoms with Gasteiger partial charge in [-0.05, 0) is 36.8 Å². The van der Waals surface area contributed by atoms with Gasteiger partial charge in [-0.25, -0.2) is 12.8 Å². The number of rotatable bonds is 6. The molecule has 0 aromatic heterocycles. The van der Waals surface area contributed by atoms with Crippen molar-refractivity contribution in [2.24, 2.45) is 0 Å². The molecule has 0 atom stereocenters. The molecular formula is C17H18FNO3S. The van der Waals surface area contributed by atoms with Crippen molar-refractivity contribution >= 4 is 15.8 Å². The van der Waals surface area contributed by atoms with E-state index in [2.05, 4.69) is 0 Å². The summed E-state index contributed by atoms with van der Waals surface area (Å²) in [6, 6.07) is 11.8. The molecule has 0 aliphatic carbocycles. The van der Waals surface area contributed by atoms with Crippen LogP contribution in [0.5, 0.6) is 0 Å². The second-order valence-corrected chi connectivity index (χ2v) is 7.08. The summed E-state index contributed by atoms with van der Waals surface area (Å²) < 4.78 is 40.0. The molecule has 0 saturated heterocycles. The highest BCUT2D eigenvalue weighted by atomic mass is 32.2. The van der Waals surface area contributed by atoms with E-state index in [9.17, 15) is 17.6 Å². The molecule has 6 heteroatoms. The standard InChI is InChI=1S/C17H18FNO3S/c1-3-19(12-14-6-4-8-16(18)10-14)23(21,22)17-9-5-7-15(11-17)13(2)20/h4-11H,3,12H2,1-2H3. The van der Waals surface area contributed by atoms with Gasteiger partial charge < -0.3 is 0 Å². The first-order valence-electron chi connectivity index (χ1n) is 7.20. The molecule has 0 unspecified atom stereocenters. The molecule has 0 fully saturated rings. The first kappa shape index (κ1) is 17.3. The van der Waals surface area contributed by atoms with Gasteiger partial charge in [-0.3, -0.25) is 4.79 Å². The number of benzene rings is 2. The number of sulfonamides is 1. The van der Waals surface area contributed by atoms with Crippen molar-refractivity contribution in [3.8, 4) is 0 Å². The van der Waals surface area contributed by atoms with Crippen LogP contribution in [-0.2, 0) is 16.6 Å². The van der Waals surface area contributed by atoms with E-state index in [1.54, 1.807) is 31.2 Å². The average Bonchev–Trinajstić information content (AvgIpc) is 2.52. The van der Waals surface area contributed by atoms with Crippen LogP contribution in [0.1, 0.15) is 29.8 Å². The van der Waals surface area contributed by atoms with Gasteiger partial charge in [-0.2, -0.15) is 4.31 Å². The molecule has 2 aromatic rings. The Hall–Kier alpha value is -2.05. The van der Waals surface area contributed by atoms with Crippen LogP contribution >= 0.6 is 0 Å². The zero-order valence-electron chi connectivity index (χ0n) is 13.0. The fourth-order valence-electron chi connectivity index (χ4n) is 2.23. The van der Waals surface area contributed by atoms with E-state index in [4.69, 9.17) is 0 Å². The van der Waals surface area contributed by atoms with Crippen molar-refractivity contribution in [2.45, 2.75) is 25.3 Å². The van der Waals surface area contributed by atoms with E-state index in [0.717, 1.165) is 0 Å². The minimum absolute atomic E-state index is 0.0588. The van der Waals surface area contributed by atoms with Crippen LogP contribution in [0.15, 0.2) is 53.4 Å². The number of hydrogen-bond acceptors (Lipinski definition) is 3. The summed E-state index contributed by atoms with van der Waals surface area (Å²) in [5, 5.41) is 0. The predicted octanol–water partition coefficient (Wildman–Crippen LogP) is 3.24. The van der Waals surface area contributed by atoms with E-state index in [-0.39, 0.29) is 23.8 Å². The lowest BCUT2D eigenvalue weighted by Gasteiger charge is -2.21. The Morgan fingerprint density at radius 2 is 1.83 bits per heavy atom. The van der Waals surface area contributed by atoms with E-state index in [1.807, 2.05) is 0 Å². The maximum absolute atomic E-state index is 13.3. The minimum Gasteiger partial charge on any atom is -0.295 e. The van der Waals surface area contributed by atoms with Crippen molar-refractivity contribution in [2.75, 3.05) is 6.54 Å². The normalized spacial score (nSPS) is 11.7. The molecule has 0 spiro atoms. The molecule has 0 radical (unpaired) electrons. The lowest BCUT2D eigenvalue weighted by molar-refractivity contribution is 0.101. The smallest absolute Gasteiger partial charge is 0.243 e. The van der Waals surface area contributed by atoms with Gasteiger partial charge >= 0.3 is 0 Å². The van der Waals surface area contributed by atoms with E-state index in [1.165, 1.54) is 35.5 Å². The van der Waals surface area contributed by atoms with Gasteiger partial charge in [0.05, 0.1) is 4.90 Å². The highest BCUT2D eigenvalue weighted by molar-refractivity contribution is 7.89. The second kappa shape index (κ2) is 7.02. The first-order valence-corrected chi connectivity index (χ1v) is 8.64. The Labute approximate surface area is 135 Å². The van der Waals surface area contributed by atoms with Crippen LogP contribution in [-0.4, -0.2) is 25.1 Å². The van der Waals surface area contributed by atoms with Crippen LogP contribution in [0.3, 0.4) is 0 Å². The summed E-state index contributed by atoms with van der Waals surface area (Å²) in [5.41, 5.74) is 0.908. The lowest BCUT2D eigenvalue weighted by atomic mass is 10.2. The highest BCUT2D eigenvalue weighted by Crippen LogP contribution is 2.20. The molecule has 0 aliphatic rings. The van der Waals surface area contributed by atoms with Crippen molar-refractivity contribution in [3.63, 3.8) is 0 Å². The van der Waals surface area contributed by atoms with Crippen molar-refractivity contribution in [3.05, 3.63) is 65.5 Å². The Morgan fingerprint density at radius 1 is 1.13 bits per heavy atom. The number of Topliss-reactive ketones (excluding diaryl/α,β-unsaturated/α-hetero) is 1. The maximum Gasteiger partial charge on any atom is 0.243 e. The van der Waals surface area contributed by atoms with Crippen molar-refractivity contribution < 1.29 is 17.6 Å². The van der Waals surface area contributed by atoms with Crippen molar-refractivity contribution in [1.82, 2.24) is 4.31 Å². The summed E-state index contributed by atoms with van der Waals surface area (Å²) in [7, 11) is -3.76. The summed E-state index contributed by atoms with van der Waals surface area (Å²) in [6.45, 7) is 3.41. The molecule has 0 bridgehead atoms. The van der Waals surface area contributed by atoms with Gasteiger partial charge in [0.1, 0.15) is 5.82 Å². The fraction of sp³-hybridized carbons (Fsp3) is 0.235. The molecule has 0 N–H and O–H groups in total. The largest absolute Gasteiger partial charge is 0.295 e. The summed E-state index contributed by atoms with van der Waals surface area (Å²) in [5.74, 6) is -0.607. The lowest BCUT2D eigenvalue weighted by Crippen LogP contribution is -2.30. The zero-order valence-corrected chi connectivity index (χ0v) is 13.8. The number of nitrogens with zero attached hydrogens (tertiary/aromatic N) is 1. The summed E-state index contributed by atoms with van der Waals surface area (Å²) in [6.07, 6.45) is 0. The van der Waals surface area contributed by atoms with Gasteiger partial charge in [-0.15, -0.1) is 0 Å². The van der Waals surface area contributed by atoms with Crippen molar-refractivity contribution in [1.29, 1.82) is 0 Å². The molecule has 0 heterocycles. The monoisotopic (exact) mass is 335 g/mol. The highest BCUT2D eigenvalue weighted by Gasteiger charge is 2.24. The minimum atomic E-state index is -3.76. The van der Waals surface area contributed by atoms with Gasteiger partial charge in [-0.1, -0.05) is 31.2 Å². The Balaban J connectivity index is 2.35. The SMILES string of the molecule is CCN(Cc1cccc(F)c1)S(=O)(=O)c1cccc(C(C)=O)c1. The summed E-state index contributed by atoms with van der Waals surface area (Å²) in [4.78, 5) is 11.5. The Bertz CT molecular complexity index is 818. The number of hydrogen-bond donors (Lipinski definition) is 0. The molecule has 0 aliphatic heterocycles. The Kier molecular flexibility index (Phi) is 5.28. The third kappa shape index (κ3) is 4.03. The van der Waals surface area contributed by atoms with Crippen LogP contribution in [0.4, 0.5) is 4.39 Å². The number of carbonyl (C=O) groups is 1. The maximum atomic E-state index is 13.3. The van der Waals surface area contributed by atoms with Crippen LogP contribution in [0.25, 0.3) is 0 Å². The quantitative estimate of drug-likeness (QED) is 0.762. The molecule has 4 nitrogen and oxygen atoms in total. The third-order valence-electron chi connectivity index (χ3n) is 3.48. The van der Waals surface area contributed by atoms with Gasteiger partial charge in [0.15, 0.2) is 5.78 Å². The molecule has 0 amide bonds. The van der Waals surface area contributed by atoms with E-state index >= 15 is 0 Å². The summed E-state index contributed by atoms with van der Waals surface area (Å²) >= 11 is 0. The number of halogens is 1. The Morgan fingerprint density at radius 3 is 2.43 bits per heavy atom. The number of carbonyl (C=O) groups excluding carboxylic acids is 1. The predicted molar refractivity (Wildman–Crippen MR) is 86.1 cm³/mol. The van der Waals surface area contributed by atoms with Crippen LogP contribution in [0.2, 0.25) is 0 Å². The molecule has 2 rings (SSSR count). The topological polar surface area (TPSA) is 54.5 Å². The van der Waals surface area contributed by atoms with E-state index in [0.29, 0.717) is 11.1 Å². The number of ketones is 1. The molecule has 2 aromatic carbocycles.